The van der Waals surface area contributed by atoms with Crippen molar-refractivity contribution in [2.45, 2.75) is 70.9 Å². The molecule has 9 nitrogen and oxygen atoms in total. The zero-order chi connectivity index (χ0) is 25.2. The lowest BCUT2D eigenvalue weighted by molar-refractivity contribution is -0.150. The van der Waals surface area contributed by atoms with Gasteiger partial charge in [-0.2, -0.15) is 0 Å². The third-order valence-corrected chi connectivity index (χ3v) is 6.14. The van der Waals surface area contributed by atoms with Crippen molar-refractivity contribution < 1.29 is 28.2 Å². The molecule has 2 aromatic rings. The molecule has 2 fully saturated rings. The Bertz CT molecular complexity index is 1060. The first-order valence-corrected chi connectivity index (χ1v) is 12.2. The van der Waals surface area contributed by atoms with Crippen molar-refractivity contribution in [3.8, 4) is 0 Å². The highest BCUT2D eigenvalue weighted by molar-refractivity contribution is 5.85. The number of nitrogens with zero attached hydrogens (tertiary/aromatic N) is 4. The smallest absolute Gasteiger partial charge is 0.410 e. The summed E-state index contributed by atoms with van der Waals surface area (Å²) in [6.45, 7) is 7.66. The topological polar surface area (TPSA) is 86.1 Å². The molecule has 1 atom stereocenters. The van der Waals surface area contributed by atoms with Crippen molar-refractivity contribution in [3.05, 3.63) is 29.8 Å². The lowest BCUT2D eigenvalue weighted by Crippen LogP contribution is -2.53. The van der Waals surface area contributed by atoms with E-state index in [4.69, 9.17) is 14.2 Å². The molecule has 0 bridgehead atoms. The van der Waals surface area contributed by atoms with Crippen LogP contribution >= 0.6 is 0 Å². The first kappa shape index (κ1) is 25.4. The second kappa shape index (κ2) is 10.5. The zero-order valence-corrected chi connectivity index (χ0v) is 21.0. The summed E-state index contributed by atoms with van der Waals surface area (Å²) in [5, 5.41) is 0.434. The molecule has 1 aliphatic heterocycles. The van der Waals surface area contributed by atoms with E-state index in [0.717, 1.165) is 19.3 Å². The van der Waals surface area contributed by atoms with Crippen LogP contribution in [0.3, 0.4) is 0 Å². The normalized spacial score (nSPS) is 18.7. The monoisotopic (exact) mass is 490 g/mol. The number of halogens is 1. The van der Waals surface area contributed by atoms with Crippen molar-refractivity contribution in [3.63, 3.8) is 0 Å². The van der Waals surface area contributed by atoms with Gasteiger partial charge in [0.15, 0.2) is 6.10 Å². The molecule has 35 heavy (non-hydrogen) atoms. The van der Waals surface area contributed by atoms with Crippen molar-refractivity contribution in [2.75, 3.05) is 33.4 Å². The number of methoxy groups -OCH3 is 1. The van der Waals surface area contributed by atoms with Gasteiger partial charge in [0.05, 0.1) is 18.5 Å². The van der Waals surface area contributed by atoms with E-state index in [1.54, 1.807) is 12.0 Å². The van der Waals surface area contributed by atoms with Gasteiger partial charge in [0.25, 0.3) is 5.91 Å². The number of fused-ring (bicyclic) bond motifs is 1. The summed E-state index contributed by atoms with van der Waals surface area (Å²) >= 11 is 0. The molecule has 2 aromatic heterocycles. The molecule has 0 unspecified atom stereocenters. The zero-order valence-electron chi connectivity index (χ0n) is 21.0. The highest BCUT2D eigenvalue weighted by atomic mass is 19.1. The summed E-state index contributed by atoms with van der Waals surface area (Å²) in [5.41, 5.74) is 0.650. The number of carbonyl (C=O) groups is 2. The molecule has 1 aliphatic carbocycles. The average molecular weight is 491 g/mol. The Balaban J connectivity index is 1.53. The maximum atomic E-state index is 14.9. The van der Waals surface area contributed by atoms with Crippen molar-refractivity contribution in [2.24, 2.45) is 0 Å². The van der Waals surface area contributed by atoms with Crippen LogP contribution in [0.25, 0.3) is 11.0 Å². The van der Waals surface area contributed by atoms with Crippen LogP contribution in [0.4, 0.5) is 9.18 Å². The van der Waals surface area contributed by atoms with Gasteiger partial charge in [0, 0.05) is 57.3 Å². The molecule has 2 aliphatic rings. The van der Waals surface area contributed by atoms with Gasteiger partial charge in [-0.15, -0.1) is 0 Å². The number of rotatable bonds is 8. The summed E-state index contributed by atoms with van der Waals surface area (Å²) in [6.07, 6.45) is 4.65. The van der Waals surface area contributed by atoms with Crippen molar-refractivity contribution in [1.29, 1.82) is 0 Å². The van der Waals surface area contributed by atoms with Gasteiger partial charge in [0.1, 0.15) is 17.1 Å². The molecule has 1 saturated carbocycles. The molecule has 0 aromatic carbocycles. The van der Waals surface area contributed by atoms with Gasteiger partial charge in [-0.25, -0.2) is 14.2 Å². The van der Waals surface area contributed by atoms with Crippen molar-refractivity contribution in [1.82, 2.24) is 19.4 Å². The Labute approximate surface area is 205 Å². The molecular weight excluding hydrogens is 455 g/mol. The van der Waals surface area contributed by atoms with Crippen LogP contribution in [0.15, 0.2) is 18.5 Å². The van der Waals surface area contributed by atoms with E-state index in [1.807, 2.05) is 31.5 Å². The minimum absolute atomic E-state index is 0.0784. The molecule has 0 radical (unpaired) electrons. The second-order valence-corrected chi connectivity index (χ2v) is 10.2. The van der Waals surface area contributed by atoms with Crippen LogP contribution in [0.2, 0.25) is 0 Å². The number of pyridine rings is 1. The highest BCUT2D eigenvalue weighted by Gasteiger charge is 2.40. The Morgan fingerprint density at radius 2 is 2.09 bits per heavy atom. The molecule has 2 amide bonds. The Morgan fingerprint density at radius 3 is 2.77 bits per heavy atom. The van der Waals surface area contributed by atoms with E-state index in [0.29, 0.717) is 36.3 Å². The fourth-order valence-electron chi connectivity index (χ4n) is 4.36. The Hall–Kier alpha value is -2.72. The molecule has 0 spiro atoms. The van der Waals surface area contributed by atoms with Crippen LogP contribution in [0.5, 0.6) is 0 Å². The number of aromatic nitrogens is 2. The minimum atomic E-state index is -0.783. The van der Waals surface area contributed by atoms with Crippen molar-refractivity contribution >= 4 is 23.0 Å². The van der Waals surface area contributed by atoms with E-state index in [1.165, 1.54) is 17.2 Å². The van der Waals surface area contributed by atoms with Crippen LogP contribution in [0.1, 0.15) is 45.6 Å². The highest BCUT2D eigenvalue weighted by Crippen LogP contribution is 2.32. The summed E-state index contributed by atoms with van der Waals surface area (Å²) in [7, 11) is 1.65. The van der Waals surface area contributed by atoms with Gasteiger partial charge < -0.3 is 28.6 Å². The summed E-state index contributed by atoms with van der Waals surface area (Å²) in [6, 6.07) is 1.42. The predicted molar refractivity (Wildman–Crippen MR) is 127 cm³/mol. The number of hydrogen-bond acceptors (Lipinski definition) is 6. The molecule has 192 valence electrons. The van der Waals surface area contributed by atoms with Crippen LogP contribution < -0.4 is 0 Å². The molecule has 4 rings (SSSR count). The maximum absolute atomic E-state index is 14.9. The number of aryl methyl sites for hydroxylation is 1. The first-order valence-electron chi connectivity index (χ1n) is 12.2. The van der Waals surface area contributed by atoms with E-state index < -0.39 is 17.8 Å². The van der Waals surface area contributed by atoms with Gasteiger partial charge >= 0.3 is 6.09 Å². The number of morpholine rings is 1. The van der Waals surface area contributed by atoms with Gasteiger partial charge in [-0.3, -0.25) is 4.79 Å². The SMILES string of the molecule is COCCCn1cc(CN(C(=O)[C@H]2CN(C(=O)OC(C)(C)C)CCO2)C2CC2)c2c(F)ccnc21. The lowest BCUT2D eigenvalue weighted by Gasteiger charge is -2.35. The third-order valence-electron chi connectivity index (χ3n) is 6.14. The van der Waals surface area contributed by atoms with E-state index in [-0.39, 0.29) is 37.5 Å². The van der Waals surface area contributed by atoms with E-state index in [9.17, 15) is 14.0 Å². The Morgan fingerprint density at radius 1 is 1.31 bits per heavy atom. The summed E-state index contributed by atoms with van der Waals surface area (Å²) in [4.78, 5) is 33.8. The molecule has 10 heteroatoms. The standard InChI is InChI=1S/C25H35FN4O5/c1-25(2,3)35-24(32)29-11-13-34-20(16-29)23(31)30(18-6-7-18)15-17-14-28(10-5-12-33-4)22-21(17)19(26)8-9-27-22/h8-9,14,18,20H,5-7,10-13,15-16H2,1-4H3/t20-/m1/s1. The average Bonchev–Trinajstić information content (AvgIpc) is 3.59. The van der Waals surface area contributed by atoms with Crippen LogP contribution in [-0.2, 0) is 32.1 Å². The molecule has 0 N–H and O–H groups in total. The first-order chi connectivity index (χ1) is 16.7. The Kier molecular flexibility index (Phi) is 7.61. The quantitative estimate of drug-likeness (QED) is 0.528. The third kappa shape index (κ3) is 6.10. The van der Waals surface area contributed by atoms with E-state index >= 15 is 0 Å². The maximum Gasteiger partial charge on any atom is 0.410 e. The number of ether oxygens (including phenoxy) is 3. The van der Waals surface area contributed by atoms with Gasteiger partial charge in [-0.05, 0) is 46.1 Å². The number of amides is 2. The molecular formula is C25H35FN4O5. The molecule has 1 saturated heterocycles. The number of hydrogen-bond donors (Lipinski definition) is 0. The second-order valence-electron chi connectivity index (χ2n) is 10.2. The minimum Gasteiger partial charge on any atom is -0.444 e. The lowest BCUT2D eigenvalue weighted by atomic mass is 10.1. The predicted octanol–water partition coefficient (Wildman–Crippen LogP) is 3.34. The fourth-order valence-corrected chi connectivity index (χ4v) is 4.36. The van der Waals surface area contributed by atoms with Gasteiger partial charge in [-0.1, -0.05) is 0 Å². The van der Waals surface area contributed by atoms with Crippen LogP contribution in [-0.4, -0.2) is 82.5 Å². The number of carbonyl (C=O) groups excluding carboxylic acids is 2. The van der Waals surface area contributed by atoms with Gasteiger partial charge in [0.2, 0.25) is 0 Å². The summed E-state index contributed by atoms with van der Waals surface area (Å²) in [5.74, 6) is -0.547. The van der Waals surface area contributed by atoms with Crippen LogP contribution in [0, 0.1) is 5.82 Å². The van der Waals surface area contributed by atoms with E-state index in [2.05, 4.69) is 4.98 Å². The summed E-state index contributed by atoms with van der Waals surface area (Å²) < 4.78 is 33.2. The fraction of sp³-hybridized carbons (Fsp3) is 0.640. The molecule has 3 heterocycles. The largest absolute Gasteiger partial charge is 0.444 e.